The Morgan fingerprint density at radius 1 is 0.840 bits per heavy atom. The van der Waals surface area contributed by atoms with Gasteiger partial charge >= 0.3 is 0 Å². The summed E-state index contributed by atoms with van der Waals surface area (Å²) in [5.74, 6) is 0. The van der Waals surface area contributed by atoms with Gasteiger partial charge in [0.1, 0.15) is 6.23 Å². The van der Waals surface area contributed by atoms with Crippen LogP contribution in [-0.2, 0) is 4.74 Å². The van der Waals surface area contributed by atoms with Gasteiger partial charge in [-0.15, -0.1) is 0 Å². The summed E-state index contributed by atoms with van der Waals surface area (Å²) in [5, 5.41) is 9.56. The number of piperazine rings is 1. The quantitative estimate of drug-likeness (QED) is 0.841. The average Bonchev–Trinajstić information content (AvgIpc) is 2.69. The van der Waals surface area contributed by atoms with Crippen molar-refractivity contribution in [3.8, 4) is 0 Å². The number of rotatable bonds is 7. The molecular weight excluding hydrogens is 312 g/mol. The fourth-order valence-electron chi connectivity index (χ4n) is 3.63. The minimum Gasteiger partial charge on any atom is -0.392 e. The van der Waals surface area contributed by atoms with E-state index in [-0.39, 0.29) is 18.9 Å². The highest BCUT2D eigenvalue weighted by atomic mass is 16.5. The molecule has 0 aromatic heterocycles. The van der Waals surface area contributed by atoms with E-state index in [1.165, 1.54) is 11.1 Å². The van der Waals surface area contributed by atoms with E-state index in [1.807, 2.05) is 6.92 Å². The molecule has 0 spiro atoms. The molecule has 0 bridgehead atoms. The van der Waals surface area contributed by atoms with Crippen molar-refractivity contribution in [2.75, 3.05) is 39.4 Å². The van der Waals surface area contributed by atoms with Crippen LogP contribution in [0.5, 0.6) is 0 Å². The van der Waals surface area contributed by atoms with Crippen molar-refractivity contribution in [2.24, 2.45) is 0 Å². The normalized spacial score (nSPS) is 17.7. The van der Waals surface area contributed by atoms with Gasteiger partial charge in [0, 0.05) is 32.8 Å². The molecule has 4 nitrogen and oxygen atoms in total. The highest BCUT2D eigenvalue weighted by Gasteiger charge is 2.29. The van der Waals surface area contributed by atoms with E-state index in [0.717, 1.165) is 26.2 Å². The fraction of sp³-hybridized carbons (Fsp3) is 0.429. The molecule has 1 heterocycles. The molecule has 2 aromatic carbocycles. The van der Waals surface area contributed by atoms with Crippen LogP contribution in [0.2, 0.25) is 0 Å². The Labute approximate surface area is 150 Å². The zero-order valence-electron chi connectivity index (χ0n) is 14.9. The summed E-state index contributed by atoms with van der Waals surface area (Å²) in [6, 6.07) is 21.7. The molecule has 4 heteroatoms. The lowest BCUT2D eigenvalue weighted by atomic mass is 9.96. The van der Waals surface area contributed by atoms with E-state index in [2.05, 4.69) is 70.5 Å². The summed E-state index contributed by atoms with van der Waals surface area (Å²) in [6.07, 6.45) is -0.181. The van der Waals surface area contributed by atoms with E-state index in [9.17, 15) is 5.11 Å². The lowest BCUT2D eigenvalue weighted by molar-refractivity contribution is -0.0983. The zero-order chi connectivity index (χ0) is 17.5. The number of aliphatic hydroxyl groups excluding tert-OH is 1. The van der Waals surface area contributed by atoms with Gasteiger partial charge in [-0.1, -0.05) is 60.7 Å². The topological polar surface area (TPSA) is 35.9 Å². The minimum absolute atomic E-state index is 0.0502. The maximum absolute atomic E-state index is 9.56. The molecule has 1 aliphatic rings. The summed E-state index contributed by atoms with van der Waals surface area (Å²) >= 11 is 0. The van der Waals surface area contributed by atoms with Gasteiger partial charge in [-0.25, -0.2) is 0 Å². The Hall–Kier alpha value is -1.72. The third-order valence-corrected chi connectivity index (χ3v) is 4.87. The first-order valence-corrected chi connectivity index (χ1v) is 9.14. The van der Waals surface area contributed by atoms with Gasteiger partial charge < -0.3 is 9.84 Å². The van der Waals surface area contributed by atoms with Crippen LogP contribution in [0.3, 0.4) is 0 Å². The number of hydrogen-bond acceptors (Lipinski definition) is 4. The number of nitrogens with zero attached hydrogens (tertiary/aromatic N) is 2. The molecule has 3 rings (SSSR count). The molecule has 1 fully saturated rings. The predicted molar refractivity (Wildman–Crippen MR) is 100 cm³/mol. The molecule has 134 valence electrons. The van der Waals surface area contributed by atoms with Gasteiger partial charge in [0.15, 0.2) is 0 Å². The molecule has 1 saturated heterocycles. The van der Waals surface area contributed by atoms with Crippen LogP contribution >= 0.6 is 0 Å². The first kappa shape index (κ1) is 18.1. The van der Waals surface area contributed by atoms with Gasteiger partial charge in [0.2, 0.25) is 0 Å². The lowest BCUT2D eigenvalue weighted by Gasteiger charge is -2.42. The van der Waals surface area contributed by atoms with Gasteiger partial charge in [-0.3, -0.25) is 9.80 Å². The minimum atomic E-state index is -0.181. The van der Waals surface area contributed by atoms with Gasteiger partial charge in [-0.05, 0) is 18.1 Å². The van der Waals surface area contributed by atoms with Crippen LogP contribution in [0.4, 0.5) is 0 Å². The van der Waals surface area contributed by atoms with Crippen LogP contribution in [-0.4, -0.2) is 60.5 Å². The van der Waals surface area contributed by atoms with Crippen LogP contribution < -0.4 is 0 Å². The highest BCUT2D eigenvalue weighted by Crippen LogP contribution is 2.29. The summed E-state index contributed by atoms with van der Waals surface area (Å²) in [7, 11) is 0. The maximum atomic E-state index is 9.56. The third kappa shape index (κ3) is 4.47. The van der Waals surface area contributed by atoms with E-state index in [4.69, 9.17) is 4.74 Å². The Balaban J connectivity index is 1.75. The molecule has 0 saturated carbocycles. The molecule has 0 amide bonds. The second kappa shape index (κ2) is 9.11. The molecule has 1 atom stereocenters. The fourth-order valence-corrected chi connectivity index (χ4v) is 3.63. The van der Waals surface area contributed by atoms with E-state index >= 15 is 0 Å². The molecule has 0 radical (unpaired) electrons. The zero-order valence-corrected chi connectivity index (χ0v) is 14.9. The second-order valence-electron chi connectivity index (χ2n) is 6.39. The molecule has 2 aromatic rings. The third-order valence-electron chi connectivity index (χ3n) is 4.87. The first-order valence-electron chi connectivity index (χ1n) is 9.14. The van der Waals surface area contributed by atoms with Crippen LogP contribution in [0.25, 0.3) is 0 Å². The molecule has 1 aliphatic heterocycles. The van der Waals surface area contributed by atoms with Crippen LogP contribution in [0.15, 0.2) is 60.7 Å². The van der Waals surface area contributed by atoms with Crippen molar-refractivity contribution in [1.82, 2.24) is 9.80 Å². The summed E-state index contributed by atoms with van der Waals surface area (Å²) in [6.45, 7) is 6.37. The van der Waals surface area contributed by atoms with Crippen LogP contribution in [0.1, 0.15) is 24.1 Å². The highest BCUT2D eigenvalue weighted by molar-refractivity contribution is 5.31. The largest absolute Gasteiger partial charge is 0.392 e. The number of ether oxygens (including phenoxy) is 1. The summed E-state index contributed by atoms with van der Waals surface area (Å²) in [4.78, 5) is 4.77. The Morgan fingerprint density at radius 3 is 1.76 bits per heavy atom. The van der Waals surface area contributed by atoms with Crippen molar-refractivity contribution >= 4 is 0 Å². The number of benzene rings is 2. The number of hydrogen-bond donors (Lipinski definition) is 1. The summed E-state index contributed by atoms with van der Waals surface area (Å²) in [5.41, 5.74) is 2.65. The molecular formula is C21H28N2O2. The van der Waals surface area contributed by atoms with Crippen molar-refractivity contribution < 1.29 is 9.84 Å². The molecule has 1 unspecified atom stereocenters. The Bertz CT molecular complexity index is 573. The first-order chi connectivity index (χ1) is 12.3. The maximum Gasteiger partial charge on any atom is 0.134 e. The van der Waals surface area contributed by atoms with Crippen LogP contribution in [0, 0.1) is 0 Å². The second-order valence-corrected chi connectivity index (χ2v) is 6.39. The Morgan fingerprint density at radius 2 is 1.32 bits per heavy atom. The van der Waals surface area contributed by atoms with Crippen molar-refractivity contribution in [3.05, 3.63) is 71.8 Å². The van der Waals surface area contributed by atoms with Gasteiger partial charge in [0.05, 0.1) is 12.6 Å². The van der Waals surface area contributed by atoms with Gasteiger partial charge in [0.25, 0.3) is 0 Å². The monoisotopic (exact) mass is 340 g/mol. The lowest BCUT2D eigenvalue weighted by Crippen LogP contribution is -2.53. The smallest absolute Gasteiger partial charge is 0.134 e. The van der Waals surface area contributed by atoms with E-state index in [1.54, 1.807) is 0 Å². The van der Waals surface area contributed by atoms with Crippen molar-refractivity contribution in [2.45, 2.75) is 19.2 Å². The predicted octanol–water partition coefficient (Wildman–Crippen LogP) is 2.75. The van der Waals surface area contributed by atoms with Crippen molar-refractivity contribution in [1.29, 1.82) is 0 Å². The van der Waals surface area contributed by atoms with Gasteiger partial charge in [-0.2, -0.15) is 0 Å². The Kier molecular flexibility index (Phi) is 6.59. The molecule has 25 heavy (non-hydrogen) atoms. The average molecular weight is 340 g/mol. The number of aliphatic hydroxyl groups is 1. The standard InChI is InChI=1S/C21H28N2O2/c1-2-25-20(17-24)22-13-15-23(16-14-22)21(18-9-5-3-6-10-18)19-11-7-4-8-12-19/h3-12,20-21,24H,2,13-17H2,1H3. The van der Waals surface area contributed by atoms with E-state index < -0.39 is 0 Å². The van der Waals surface area contributed by atoms with E-state index in [0.29, 0.717) is 6.61 Å². The van der Waals surface area contributed by atoms with Crippen molar-refractivity contribution in [3.63, 3.8) is 0 Å². The molecule has 1 N–H and O–H groups in total. The summed E-state index contributed by atoms with van der Waals surface area (Å²) < 4.78 is 5.65. The SMILES string of the molecule is CCOC(CO)N1CCN(C(c2ccccc2)c2ccccc2)CC1. The molecule has 0 aliphatic carbocycles.